The molecule has 0 saturated carbocycles. The maximum absolute atomic E-state index is 12.7. The van der Waals surface area contributed by atoms with Gasteiger partial charge in [-0.25, -0.2) is 4.79 Å². The number of amides is 3. The Morgan fingerprint density at radius 1 is 0.545 bits per heavy atom. The van der Waals surface area contributed by atoms with Crippen molar-refractivity contribution in [3.05, 3.63) is 57.6 Å². The van der Waals surface area contributed by atoms with Gasteiger partial charge in [0.25, 0.3) is 0 Å². The Balaban J connectivity index is 1.89. The van der Waals surface area contributed by atoms with E-state index in [9.17, 15) is 73.8 Å². The third-order valence-corrected chi connectivity index (χ3v) is 10.4. The van der Waals surface area contributed by atoms with E-state index in [4.69, 9.17) is 10.2 Å². The number of carboxylic acid groups (broad SMARTS) is 6. The van der Waals surface area contributed by atoms with Crippen LogP contribution in [0.4, 0.5) is 0 Å². The lowest BCUT2D eigenvalue weighted by molar-refractivity contribution is -0.145. The zero-order valence-electron chi connectivity index (χ0n) is 37.0. The molecular weight excluding hydrogens is 871 g/mol. The lowest BCUT2D eigenvalue weighted by atomic mass is 10.0. The summed E-state index contributed by atoms with van der Waals surface area (Å²) in [6.07, 6.45) is -0.317. The van der Waals surface area contributed by atoms with Gasteiger partial charge in [0.15, 0.2) is 0 Å². The van der Waals surface area contributed by atoms with E-state index in [1.54, 1.807) is 38.1 Å². The Bertz CT molecular complexity index is 2060. The minimum atomic E-state index is -1.50. The fourth-order valence-electron chi connectivity index (χ4n) is 7.00. The molecular formula is C44H61N5O17. The van der Waals surface area contributed by atoms with Crippen LogP contribution < -0.4 is 16.0 Å². The number of rotatable bonds is 33. The predicted molar refractivity (Wildman–Crippen MR) is 232 cm³/mol. The van der Waals surface area contributed by atoms with Gasteiger partial charge in [-0.2, -0.15) is 0 Å². The SMILES string of the molecule is Cc1cc(CCC(=O)O)cc(CN(CCN(CC(=O)O)Cc2cc(CCC(=O)NCCCCC(=O)NCC[C@H](CC(=O)N[C@@H](CCC(=O)O)C(=O)O)C(=O)O)cc(C)c2O)CC(=O)O)c1O. The van der Waals surface area contributed by atoms with Crippen molar-refractivity contribution in [3.63, 3.8) is 0 Å². The number of aryl methyl sites for hydroxylation is 4. The van der Waals surface area contributed by atoms with E-state index < -0.39 is 79.6 Å². The summed E-state index contributed by atoms with van der Waals surface area (Å²) in [4.78, 5) is 109. The van der Waals surface area contributed by atoms with E-state index in [2.05, 4.69) is 16.0 Å². The summed E-state index contributed by atoms with van der Waals surface area (Å²) >= 11 is 0. The third kappa shape index (κ3) is 21.7. The molecule has 2 rings (SSSR count). The molecule has 0 aliphatic carbocycles. The van der Waals surface area contributed by atoms with Crippen molar-refractivity contribution in [1.82, 2.24) is 25.8 Å². The minimum Gasteiger partial charge on any atom is -0.507 e. The molecule has 0 spiro atoms. The topological polar surface area (TPSA) is 358 Å². The van der Waals surface area contributed by atoms with Crippen LogP contribution in [0.3, 0.4) is 0 Å². The van der Waals surface area contributed by atoms with Gasteiger partial charge >= 0.3 is 35.8 Å². The van der Waals surface area contributed by atoms with Crippen LogP contribution in [0, 0.1) is 19.8 Å². The molecule has 0 aliphatic rings. The molecule has 2 aromatic rings. The number of carbonyl (C=O) groups is 9. The zero-order valence-corrected chi connectivity index (χ0v) is 37.0. The molecule has 0 radical (unpaired) electrons. The van der Waals surface area contributed by atoms with Crippen LogP contribution >= 0.6 is 0 Å². The summed E-state index contributed by atoms with van der Waals surface area (Å²) < 4.78 is 0. The molecule has 11 N–H and O–H groups in total. The molecule has 0 unspecified atom stereocenters. The first-order chi connectivity index (χ1) is 31.0. The average Bonchev–Trinajstić information content (AvgIpc) is 3.21. The summed E-state index contributed by atoms with van der Waals surface area (Å²) in [5, 5.41) is 85.0. The Hall–Kier alpha value is -6.81. The van der Waals surface area contributed by atoms with Crippen molar-refractivity contribution >= 4 is 53.5 Å². The molecule has 2 atom stereocenters. The van der Waals surface area contributed by atoms with Gasteiger partial charge in [0.2, 0.25) is 17.7 Å². The third-order valence-electron chi connectivity index (χ3n) is 10.4. The lowest BCUT2D eigenvalue weighted by Gasteiger charge is -2.27. The number of nitrogens with one attached hydrogen (secondary N) is 3. The highest BCUT2D eigenvalue weighted by Gasteiger charge is 2.26. The van der Waals surface area contributed by atoms with Gasteiger partial charge in [0.05, 0.1) is 19.0 Å². The van der Waals surface area contributed by atoms with Gasteiger partial charge in [-0.05, 0) is 74.6 Å². The summed E-state index contributed by atoms with van der Waals surface area (Å²) in [6, 6.07) is 5.13. The monoisotopic (exact) mass is 931 g/mol. The number of phenolic OH excluding ortho intramolecular Hbond substituents is 2. The normalized spacial score (nSPS) is 12.0. The smallest absolute Gasteiger partial charge is 0.326 e. The summed E-state index contributed by atoms with van der Waals surface area (Å²) in [6.45, 7) is 2.62. The molecule has 0 aromatic heterocycles. The number of phenols is 2. The van der Waals surface area contributed by atoms with Crippen molar-refractivity contribution < 1.29 is 84.0 Å². The number of carboxylic acids is 6. The van der Waals surface area contributed by atoms with Crippen LogP contribution in [0.1, 0.15) is 91.2 Å². The summed E-state index contributed by atoms with van der Waals surface area (Å²) in [7, 11) is 0. The highest BCUT2D eigenvalue weighted by molar-refractivity contribution is 5.86. The number of benzene rings is 2. The van der Waals surface area contributed by atoms with Gasteiger partial charge in [0, 0.05) is 82.5 Å². The summed E-state index contributed by atoms with van der Waals surface area (Å²) in [5.74, 6) is -10.3. The first kappa shape index (κ1) is 55.3. The molecule has 3 amide bonds. The largest absolute Gasteiger partial charge is 0.507 e. The Labute approximate surface area is 380 Å². The highest BCUT2D eigenvalue weighted by Crippen LogP contribution is 2.28. The molecule has 22 nitrogen and oxygen atoms in total. The van der Waals surface area contributed by atoms with E-state index in [1.807, 2.05) is 0 Å². The zero-order chi connectivity index (χ0) is 49.5. The first-order valence-corrected chi connectivity index (χ1v) is 21.3. The number of aliphatic carboxylic acids is 6. The van der Waals surface area contributed by atoms with Crippen molar-refractivity contribution in [2.45, 2.75) is 104 Å². The molecule has 0 bridgehead atoms. The standard InChI is InChI=1S/C44H61N5O17/c1-26-17-28(6-9-35(51)45-13-4-3-5-34(50)46-14-12-30(43(63)64)21-36(52)47-33(44(65)66)8-11-38(55)56)19-31(41(26)61)22-48(24-39(57)58)15-16-49(25-40(59)60)23-32-20-29(7-10-37(53)54)18-27(2)42(32)62/h17-20,30,33,61-62H,3-16,21-25H2,1-2H3,(H,45,51)(H,46,50)(H,47,52)(H,53,54)(H,55,56)(H,57,58)(H,59,60)(H,63,64)(H,65,66)/t30-,33+/m1/s1. The number of unbranched alkanes of at least 4 members (excludes halogenated alkanes) is 1. The predicted octanol–water partition coefficient (Wildman–Crippen LogP) is 1.46. The van der Waals surface area contributed by atoms with Crippen LogP contribution in [0.15, 0.2) is 24.3 Å². The summed E-state index contributed by atoms with van der Waals surface area (Å²) in [5.41, 5.74) is 3.08. The van der Waals surface area contributed by atoms with Crippen LogP contribution in [0.25, 0.3) is 0 Å². The first-order valence-electron chi connectivity index (χ1n) is 21.3. The molecule has 0 fully saturated rings. The second kappa shape index (κ2) is 28.2. The van der Waals surface area contributed by atoms with Crippen molar-refractivity contribution in [3.8, 4) is 11.5 Å². The fraction of sp³-hybridized carbons (Fsp3) is 0.523. The van der Waals surface area contributed by atoms with Crippen LogP contribution in [0.5, 0.6) is 11.5 Å². The second-order valence-corrected chi connectivity index (χ2v) is 16.0. The number of hydrogen-bond acceptors (Lipinski definition) is 13. The van der Waals surface area contributed by atoms with E-state index in [-0.39, 0.29) is 108 Å². The average molecular weight is 932 g/mol. The number of nitrogens with zero attached hydrogens (tertiary/aromatic N) is 2. The number of aromatic hydroxyl groups is 2. The Morgan fingerprint density at radius 3 is 1.50 bits per heavy atom. The maximum atomic E-state index is 12.7. The minimum absolute atomic E-state index is 0.0262. The molecule has 22 heteroatoms. The molecule has 66 heavy (non-hydrogen) atoms. The second-order valence-electron chi connectivity index (χ2n) is 16.0. The lowest BCUT2D eigenvalue weighted by Crippen LogP contribution is -2.42. The van der Waals surface area contributed by atoms with E-state index >= 15 is 0 Å². The molecule has 0 heterocycles. The fourth-order valence-corrected chi connectivity index (χ4v) is 7.00. The van der Waals surface area contributed by atoms with Crippen molar-refractivity contribution in [1.29, 1.82) is 0 Å². The van der Waals surface area contributed by atoms with E-state index in [0.717, 1.165) is 0 Å². The number of carbonyl (C=O) groups excluding carboxylic acids is 3. The van der Waals surface area contributed by atoms with E-state index in [1.165, 1.54) is 9.80 Å². The highest BCUT2D eigenvalue weighted by atomic mass is 16.4. The molecule has 0 saturated heterocycles. The van der Waals surface area contributed by atoms with Crippen LogP contribution in [-0.2, 0) is 69.1 Å². The quantitative estimate of drug-likeness (QED) is 0.0451. The molecule has 2 aromatic carbocycles. The van der Waals surface area contributed by atoms with Crippen LogP contribution in [-0.4, -0.2) is 149 Å². The van der Waals surface area contributed by atoms with Crippen molar-refractivity contribution in [2.24, 2.45) is 5.92 Å². The number of hydrogen-bond donors (Lipinski definition) is 11. The van der Waals surface area contributed by atoms with Gasteiger partial charge < -0.3 is 56.8 Å². The Kier molecular flexibility index (Phi) is 23.6. The molecule has 364 valence electrons. The Morgan fingerprint density at radius 2 is 1.03 bits per heavy atom. The van der Waals surface area contributed by atoms with Gasteiger partial charge in [0.1, 0.15) is 17.5 Å². The van der Waals surface area contributed by atoms with Gasteiger partial charge in [-0.15, -0.1) is 0 Å². The van der Waals surface area contributed by atoms with Gasteiger partial charge in [-0.3, -0.25) is 48.2 Å². The maximum Gasteiger partial charge on any atom is 0.326 e. The van der Waals surface area contributed by atoms with Crippen LogP contribution in [0.2, 0.25) is 0 Å². The van der Waals surface area contributed by atoms with Crippen molar-refractivity contribution in [2.75, 3.05) is 39.3 Å². The van der Waals surface area contributed by atoms with E-state index in [0.29, 0.717) is 46.2 Å². The van der Waals surface area contributed by atoms with Gasteiger partial charge in [-0.1, -0.05) is 24.3 Å². The molecule has 0 aliphatic heterocycles.